The van der Waals surface area contributed by atoms with Crippen molar-refractivity contribution >= 4 is 23.5 Å². The Morgan fingerprint density at radius 3 is 2.10 bits per heavy atom. The number of methoxy groups -OCH3 is 1. The van der Waals surface area contributed by atoms with Gasteiger partial charge in [0.15, 0.2) is 0 Å². The molecule has 1 heterocycles. The zero-order valence-corrected chi connectivity index (χ0v) is 12.0. The SMILES string of the molecule is COc1ccc(N(C)c2nc(N)nc(N(C)C)n2)cc1. The van der Waals surface area contributed by atoms with Crippen molar-refractivity contribution < 1.29 is 4.74 Å². The van der Waals surface area contributed by atoms with E-state index in [2.05, 4.69) is 15.0 Å². The van der Waals surface area contributed by atoms with Gasteiger partial charge in [0.25, 0.3) is 0 Å². The second-order valence-electron chi connectivity index (χ2n) is 4.45. The van der Waals surface area contributed by atoms with Gasteiger partial charge in [0.1, 0.15) is 5.75 Å². The molecule has 0 spiro atoms. The van der Waals surface area contributed by atoms with Gasteiger partial charge in [-0.2, -0.15) is 15.0 Å². The number of rotatable bonds is 4. The van der Waals surface area contributed by atoms with E-state index in [1.807, 2.05) is 50.3 Å². The molecule has 0 atom stereocenters. The van der Waals surface area contributed by atoms with Gasteiger partial charge in [-0.05, 0) is 24.3 Å². The van der Waals surface area contributed by atoms with Crippen molar-refractivity contribution in [2.45, 2.75) is 0 Å². The van der Waals surface area contributed by atoms with E-state index < -0.39 is 0 Å². The van der Waals surface area contributed by atoms with Gasteiger partial charge in [-0.3, -0.25) is 0 Å². The molecule has 0 aliphatic heterocycles. The van der Waals surface area contributed by atoms with Gasteiger partial charge >= 0.3 is 0 Å². The van der Waals surface area contributed by atoms with E-state index in [0.29, 0.717) is 11.9 Å². The van der Waals surface area contributed by atoms with E-state index in [1.165, 1.54) is 0 Å². The van der Waals surface area contributed by atoms with Crippen LogP contribution < -0.4 is 20.3 Å². The van der Waals surface area contributed by atoms with Gasteiger partial charge in [-0.1, -0.05) is 0 Å². The Hall–Kier alpha value is -2.57. The molecule has 0 amide bonds. The van der Waals surface area contributed by atoms with Crippen LogP contribution in [0.25, 0.3) is 0 Å². The lowest BCUT2D eigenvalue weighted by Gasteiger charge is -2.19. The monoisotopic (exact) mass is 274 g/mol. The minimum Gasteiger partial charge on any atom is -0.497 e. The fourth-order valence-electron chi connectivity index (χ4n) is 1.64. The molecule has 7 heteroatoms. The quantitative estimate of drug-likeness (QED) is 0.899. The van der Waals surface area contributed by atoms with Crippen LogP contribution in [0.4, 0.5) is 23.5 Å². The molecule has 0 fully saturated rings. The summed E-state index contributed by atoms with van der Waals surface area (Å²) < 4.78 is 5.14. The zero-order valence-electron chi connectivity index (χ0n) is 12.0. The Kier molecular flexibility index (Phi) is 3.88. The molecule has 2 aromatic rings. The lowest BCUT2D eigenvalue weighted by Crippen LogP contribution is -2.19. The van der Waals surface area contributed by atoms with E-state index in [-0.39, 0.29) is 5.95 Å². The molecule has 1 aromatic carbocycles. The number of aromatic nitrogens is 3. The molecule has 0 saturated heterocycles. The fourth-order valence-corrected chi connectivity index (χ4v) is 1.64. The molecule has 0 unspecified atom stereocenters. The van der Waals surface area contributed by atoms with Gasteiger partial charge in [-0.15, -0.1) is 0 Å². The Morgan fingerprint density at radius 1 is 0.950 bits per heavy atom. The van der Waals surface area contributed by atoms with Crippen LogP contribution in [-0.2, 0) is 0 Å². The summed E-state index contributed by atoms with van der Waals surface area (Å²) in [6.07, 6.45) is 0. The number of anilines is 4. The third-order valence-corrected chi connectivity index (χ3v) is 2.79. The van der Waals surface area contributed by atoms with Crippen LogP contribution in [0.5, 0.6) is 5.75 Å². The minimum absolute atomic E-state index is 0.194. The first-order valence-corrected chi connectivity index (χ1v) is 6.08. The Balaban J connectivity index is 2.34. The van der Waals surface area contributed by atoms with Crippen molar-refractivity contribution in [3.05, 3.63) is 24.3 Å². The van der Waals surface area contributed by atoms with E-state index in [4.69, 9.17) is 10.5 Å². The second-order valence-corrected chi connectivity index (χ2v) is 4.45. The van der Waals surface area contributed by atoms with Crippen LogP contribution in [0, 0.1) is 0 Å². The topological polar surface area (TPSA) is 80.4 Å². The van der Waals surface area contributed by atoms with Crippen LogP contribution >= 0.6 is 0 Å². The summed E-state index contributed by atoms with van der Waals surface area (Å²) in [5, 5.41) is 0. The maximum atomic E-state index is 5.72. The summed E-state index contributed by atoms with van der Waals surface area (Å²) >= 11 is 0. The molecular formula is C13H18N6O. The molecule has 1 aromatic heterocycles. The summed E-state index contributed by atoms with van der Waals surface area (Å²) in [5.74, 6) is 2.00. The lowest BCUT2D eigenvalue weighted by molar-refractivity contribution is 0.415. The van der Waals surface area contributed by atoms with Crippen LogP contribution in [0.15, 0.2) is 24.3 Å². The third-order valence-electron chi connectivity index (χ3n) is 2.79. The maximum Gasteiger partial charge on any atom is 0.236 e. The average Bonchev–Trinajstić information content (AvgIpc) is 2.46. The Labute approximate surface area is 118 Å². The van der Waals surface area contributed by atoms with Crippen molar-refractivity contribution in [1.82, 2.24) is 15.0 Å². The van der Waals surface area contributed by atoms with Crippen LogP contribution in [0.2, 0.25) is 0 Å². The number of hydrogen-bond donors (Lipinski definition) is 1. The highest BCUT2D eigenvalue weighted by Gasteiger charge is 2.11. The van der Waals surface area contributed by atoms with Gasteiger partial charge < -0.3 is 20.3 Å². The van der Waals surface area contributed by atoms with Crippen molar-refractivity contribution in [2.75, 3.05) is 43.8 Å². The van der Waals surface area contributed by atoms with Crippen LogP contribution in [-0.4, -0.2) is 43.2 Å². The highest BCUT2D eigenvalue weighted by atomic mass is 16.5. The standard InChI is InChI=1S/C13H18N6O/c1-18(2)12-15-11(14)16-13(17-12)19(3)9-5-7-10(20-4)8-6-9/h5-8H,1-4H3,(H2,14,15,16,17). The van der Waals surface area contributed by atoms with Gasteiger partial charge in [0.05, 0.1) is 7.11 Å². The van der Waals surface area contributed by atoms with Crippen molar-refractivity contribution in [3.8, 4) is 5.75 Å². The van der Waals surface area contributed by atoms with Crippen molar-refractivity contribution in [1.29, 1.82) is 0 Å². The fraction of sp³-hybridized carbons (Fsp3) is 0.308. The van der Waals surface area contributed by atoms with Crippen molar-refractivity contribution in [2.24, 2.45) is 0 Å². The number of ether oxygens (including phenoxy) is 1. The molecular weight excluding hydrogens is 256 g/mol. The molecule has 0 bridgehead atoms. The highest BCUT2D eigenvalue weighted by Crippen LogP contribution is 2.24. The third kappa shape index (κ3) is 2.87. The first kappa shape index (κ1) is 13.9. The van der Waals surface area contributed by atoms with Crippen LogP contribution in [0.1, 0.15) is 0 Å². The second kappa shape index (κ2) is 5.60. The average molecular weight is 274 g/mol. The number of nitrogen functional groups attached to an aromatic ring is 1. The number of benzene rings is 1. The van der Waals surface area contributed by atoms with E-state index in [0.717, 1.165) is 11.4 Å². The Bertz CT molecular complexity index is 584. The summed E-state index contributed by atoms with van der Waals surface area (Å²) in [7, 11) is 7.21. The molecule has 2 rings (SSSR count). The summed E-state index contributed by atoms with van der Waals surface area (Å²) in [4.78, 5) is 16.2. The number of nitrogens with zero attached hydrogens (tertiary/aromatic N) is 5. The first-order valence-electron chi connectivity index (χ1n) is 6.08. The number of hydrogen-bond acceptors (Lipinski definition) is 7. The predicted octanol–water partition coefficient (Wildman–Crippen LogP) is 1.30. The molecule has 0 aliphatic carbocycles. The van der Waals surface area contributed by atoms with Crippen molar-refractivity contribution in [3.63, 3.8) is 0 Å². The minimum atomic E-state index is 0.194. The molecule has 0 saturated carbocycles. The molecule has 0 radical (unpaired) electrons. The normalized spacial score (nSPS) is 10.2. The van der Waals surface area contributed by atoms with Gasteiger partial charge in [-0.25, -0.2) is 0 Å². The summed E-state index contributed by atoms with van der Waals surface area (Å²) in [5.41, 5.74) is 6.65. The first-order chi connectivity index (χ1) is 9.51. The summed E-state index contributed by atoms with van der Waals surface area (Å²) in [6.45, 7) is 0. The maximum absolute atomic E-state index is 5.72. The van der Waals surface area contributed by atoms with Gasteiger partial charge in [0.2, 0.25) is 17.8 Å². The predicted molar refractivity (Wildman–Crippen MR) is 79.6 cm³/mol. The Morgan fingerprint density at radius 2 is 1.55 bits per heavy atom. The largest absolute Gasteiger partial charge is 0.497 e. The van der Waals surface area contributed by atoms with E-state index in [9.17, 15) is 0 Å². The lowest BCUT2D eigenvalue weighted by atomic mass is 10.3. The molecule has 20 heavy (non-hydrogen) atoms. The van der Waals surface area contributed by atoms with Crippen LogP contribution in [0.3, 0.4) is 0 Å². The molecule has 2 N–H and O–H groups in total. The molecule has 0 aliphatic rings. The number of nitrogens with two attached hydrogens (primary N) is 1. The molecule has 7 nitrogen and oxygen atoms in total. The van der Waals surface area contributed by atoms with E-state index >= 15 is 0 Å². The smallest absolute Gasteiger partial charge is 0.236 e. The molecule has 106 valence electrons. The van der Waals surface area contributed by atoms with Gasteiger partial charge in [0, 0.05) is 26.8 Å². The van der Waals surface area contributed by atoms with E-state index in [1.54, 1.807) is 12.0 Å². The highest BCUT2D eigenvalue weighted by molar-refractivity contribution is 5.59. The zero-order chi connectivity index (χ0) is 14.7. The summed E-state index contributed by atoms with van der Waals surface area (Å²) in [6, 6.07) is 7.61.